The fraction of sp³-hybridized carbons (Fsp3) is 0.333. The zero-order chi connectivity index (χ0) is 24.6. The minimum Gasteiger partial charge on any atom is -0.477 e. The summed E-state index contributed by atoms with van der Waals surface area (Å²) in [6.45, 7) is 1.74. The first kappa shape index (κ1) is 24.2. The van der Waals surface area contributed by atoms with Gasteiger partial charge < -0.3 is 21.0 Å². The second-order valence-corrected chi connectivity index (χ2v) is 10.3. The van der Waals surface area contributed by atoms with E-state index in [9.17, 15) is 19.5 Å². The monoisotopic (exact) mass is 539 g/mol. The molecule has 0 aromatic carbocycles. The maximum atomic E-state index is 12.9. The number of β-lactam (4-membered cyclic amide) rings is 1. The average molecular weight is 540 g/mol. The number of amides is 2. The molecule has 0 bridgehead atoms. The summed E-state index contributed by atoms with van der Waals surface area (Å²) >= 11 is 9.03. The Morgan fingerprint density at radius 2 is 2.21 bits per heavy atom. The van der Waals surface area contributed by atoms with Crippen LogP contribution in [0.1, 0.15) is 22.9 Å². The number of aromatic nitrogens is 3. The molecule has 2 aliphatic rings. The molecule has 4 heterocycles. The number of hydrogen-bond donors (Lipinski definition) is 3. The van der Waals surface area contributed by atoms with E-state index in [2.05, 4.69) is 24.8 Å². The number of thiocarbonyl (C=S) groups is 1. The Balaban J connectivity index is 1.52. The molecule has 1 fully saturated rings. The molecule has 16 heteroatoms. The second-order valence-electron chi connectivity index (χ2n) is 7.06. The number of nitrogens with zero attached hydrogens (tertiary/aromatic N) is 5. The van der Waals surface area contributed by atoms with Crippen LogP contribution in [0.25, 0.3) is 0 Å². The summed E-state index contributed by atoms with van der Waals surface area (Å²) in [5.41, 5.74) is 6.07. The Morgan fingerprint density at radius 3 is 2.79 bits per heavy atom. The molecule has 0 saturated carbocycles. The minimum absolute atomic E-state index is 0.124. The van der Waals surface area contributed by atoms with Crippen LogP contribution in [-0.2, 0) is 19.2 Å². The Labute approximate surface area is 210 Å². The number of anilines is 1. The SMILES string of the molecule is CON=C(C(=O)NC1C(=O)N2C(C(=O)O)=C(CC(=S)c3nc(C)ns3)CSC12)c1csc(N)n1. The van der Waals surface area contributed by atoms with Crippen LogP contribution in [-0.4, -0.2) is 77.0 Å². The number of thiazole rings is 1. The Bertz CT molecular complexity index is 1250. The number of carbonyl (C=O) groups excluding carboxylic acids is 2. The van der Waals surface area contributed by atoms with Gasteiger partial charge in [-0.3, -0.25) is 14.5 Å². The van der Waals surface area contributed by atoms with Gasteiger partial charge in [0.2, 0.25) is 0 Å². The van der Waals surface area contributed by atoms with Gasteiger partial charge in [0.05, 0.1) is 4.86 Å². The van der Waals surface area contributed by atoms with Crippen molar-refractivity contribution >= 4 is 80.3 Å². The number of thioether (sulfide) groups is 1. The zero-order valence-electron chi connectivity index (χ0n) is 17.7. The van der Waals surface area contributed by atoms with Gasteiger partial charge in [-0.15, -0.1) is 23.1 Å². The lowest BCUT2D eigenvalue weighted by atomic mass is 10.0. The van der Waals surface area contributed by atoms with E-state index in [0.717, 1.165) is 22.9 Å². The van der Waals surface area contributed by atoms with Crippen molar-refractivity contribution < 1.29 is 24.3 Å². The minimum atomic E-state index is -1.24. The van der Waals surface area contributed by atoms with Gasteiger partial charge in [-0.2, -0.15) is 4.37 Å². The largest absolute Gasteiger partial charge is 0.477 e. The lowest BCUT2D eigenvalue weighted by Gasteiger charge is -2.49. The third-order valence-electron chi connectivity index (χ3n) is 4.84. The lowest BCUT2D eigenvalue weighted by Crippen LogP contribution is -2.71. The van der Waals surface area contributed by atoms with Crippen LogP contribution in [0.4, 0.5) is 5.13 Å². The molecule has 1 saturated heterocycles. The Hall–Kier alpha value is -2.95. The number of oxime groups is 1. The highest BCUT2D eigenvalue weighted by atomic mass is 32.2. The van der Waals surface area contributed by atoms with Crippen molar-refractivity contribution in [3.05, 3.63) is 33.2 Å². The van der Waals surface area contributed by atoms with Crippen molar-refractivity contribution in [1.29, 1.82) is 0 Å². The zero-order valence-corrected chi connectivity index (χ0v) is 20.9. The maximum Gasteiger partial charge on any atom is 0.352 e. The number of nitrogen functional groups attached to an aromatic ring is 1. The fourth-order valence-corrected chi connectivity index (χ4v) is 6.23. The number of carbonyl (C=O) groups is 3. The van der Waals surface area contributed by atoms with Gasteiger partial charge in [-0.25, -0.2) is 14.8 Å². The predicted octanol–water partition coefficient (Wildman–Crippen LogP) is 0.783. The van der Waals surface area contributed by atoms with Crippen molar-refractivity contribution in [3.63, 3.8) is 0 Å². The molecule has 2 aliphatic heterocycles. The van der Waals surface area contributed by atoms with Crippen LogP contribution < -0.4 is 11.1 Å². The average Bonchev–Trinajstić information content (AvgIpc) is 3.43. The fourth-order valence-electron chi connectivity index (χ4n) is 3.40. The molecule has 178 valence electrons. The van der Waals surface area contributed by atoms with Gasteiger partial charge in [0.25, 0.3) is 11.8 Å². The molecule has 2 aromatic rings. The number of fused-ring (bicyclic) bond motifs is 1. The van der Waals surface area contributed by atoms with E-state index in [1.54, 1.807) is 6.92 Å². The number of carboxylic acids is 1. The topological polar surface area (TPSA) is 173 Å². The van der Waals surface area contributed by atoms with Crippen LogP contribution in [0, 0.1) is 6.92 Å². The number of aryl methyl sites for hydroxylation is 1. The normalized spacial score (nSPS) is 20.0. The van der Waals surface area contributed by atoms with E-state index >= 15 is 0 Å². The van der Waals surface area contributed by atoms with Crippen LogP contribution in [0.3, 0.4) is 0 Å². The van der Waals surface area contributed by atoms with Crippen molar-refractivity contribution in [3.8, 4) is 0 Å². The summed E-state index contributed by atoms with van der Waals surface area (Å²) in [6.07, 6.45) is 0.169. The predicted molar refractivity (Wildman–Crippen MR) is 131 cm³/mol. The van der Waals surface area contributed by atoms with Crippen molar-refractivity contribution in [2.75, 3.05) is 18.6 Å². The first-order chi connectivity index (χ1) is 16.2. The molecule has 12 nitrogen and oxygen atoms in total. The molecule has 0 aliphatic carbocycles. The summed E-state index contributed by atoms with van der Waals surface area (Å²) in [5, 5.41) is 17.9. The third kappa shape index (κ3) is 4.53. The Kier molecular flexibility index (Phi) is 6.92. The maximum absolute atomic E-state index is 12.9. The molecule has 2 aromatic heterocycles. The van der Waals surface area contributed by atoms with Gasteiger partial charge in [0.15, 0.2) is 15.9 Å². The molecular formula is C18H17N7O5S4. The highest BCUT2D eigenvalue weighted by molar-refractivity contribution is 8.00. The molecule has 2 amide bonds. The smallest absolute Gasteiger partial charge is 0.352 e. The van der Waals surface area contributed by atoms with Crippen molar-refractivity contribution in [2.24, 2.45) is 5.16 Å². The number of carboxylic acid groups (broad SMARTS) is 1. The van der Waals surface area contributed by atoms with Crippen molar-refractivity contribution in [1.82, 2.24) is 24.6 Å². The molecule has 4 rings (SSSR count). The Morgan fingerprint density at radius 1 is 1.44 bits per heavy atom. The van der Waals surface area contributed by atoms with E-state index in [-0.39, 0.29) is 28.7 Å². The number of hydrogen-bond acceptors (Lipinski definition) is 13. The van der Waals surface area contributed by atoms with Gasteiger partial charge in [0, 0.05) is 17.6 Å². The summed E-state index contributed by atoms with van der Waals surface area (Å²) in [7, 11) is 1.27. The molecule has 2 unspecified atom stereocenters. The number of aliphatic carboxylic acids is 1. The molecule has 34 heavy (non-hydrogen) atoms. The third-order valence-corrected chi connectivity index (χ3v) is 8.19. The second kappa shape index (κ2) is 9.73. The van der Waals surface area contributed by atoms with Gasteiger partial charge in [-0.05, 0) is 24.0 Å². The molecule has 0 spiro atoms. The summed E-state index contributed by atoms with van der Waals surface area (Å²) < 4.78 is 4.09. The van der Waals surface area contributed by atoms with E-state index in [4.69, 9.17) is 22.8 Å². The first-order valence-corrected chi connectivity index (χ1v) is 12.7. The van der Waals surface area contributed by atoms with E-state index in [1.165, 1.54) is 29.2 Å². The van der Waals surface area contributed by atoms with Gasteiger partial charge in [0.1, 0.15) is 35.7 Å². The number of nitrogens with two attached hydrogens (primary N) is 1. The highest BCUT2D eigenvalue weighted by Crippen LogP contribution is 2.41. The van der Waals surface area contributed by atoms with E-state index < -0.39 is 29.2 Å². The van der Waals surface area contributed by atoms with Crippen LogP contribution in [0.15, 0.2) is 21.8 Å². The summed E-state index contributed by atoms with van der Waals surface area (Å²) in [5.74, 6) is -1.57. The molecule has 0 radical (unpaired) electrons. The van der Waals surface area contributed by atoms with Crippen LogP contribution >= 0.6 is 46.8 Å². The summed E-state index contributed by atoms with van der Waals surface area (Å²) in [4.78, 5) is 52.4. The first-order valence-electron chi connectivity index (χ1n) is 9.58. The quantitative estimate of drug-likeness (QED) is 0.142. The van der Waals surface area contributed by atoms with Gasteiger partial charge in [-0.1, -0.05) is 17.4 Å². The van der Waals surface area contributed by atoms with Crippen LogP contribution in [0.2, 0.25) is 0 Å². The van der Waals surface area contributed by atoms with Crippen LogP contribution in [0.5, 0.6) is 0 Å². The van der Waals surface area contributed by atoms with Crippen molar-refractivity contribution in [2.45, 2.75) is 24.8 Å². The van der Waals surface area contributed by atoms with E-state index in [1.807, 2.05) is 0 Å². The molecule has 2 atom stereocenters. The number of rotatable bonds is 8. The van der Waals surface area contributed by atoms with Gasteiger partial charge >= 0.3 is 5.97 Å². The molecule has 4 N–H and O–H groups in total. The highest BCUT2D eigenvalue weighted by Gasteiger charge is 2.54. The number of nitrogens with one attached hydrogen (secondary N) is 1. The molecular weight excluding hydrogens is 523 g/mol. The van der Waals surface area contributed by atoms with E-state index in [0.29, 0.717) is 27.0 Å². The standard InChI is InChI=1S/C18H17N7O5S4/c1-6-20-14(34-24-6)9(31)3-7-4-32-16-11(15(27)25(16)12(7)17(28)29)22-13(26)10(23-30-2)8-5-33-18(19)21-8/h5,11,16H,3-4H2,1-2H3,(H2,19,21)(H,22,26)(H,28,29). The summed E-state index contributed by atoms with van der Waals surface area (Å²) in [6, 6.07) is -0.941. The lowest BCUT2D eigenvalue weighted by molar-refractivity contribution is -0.150.